The number of nitrogens with zero attached hydrogens (tertiary/aromatic N) is 2. The molecule has 21 heavy (non-hydrogen) atoms. The van der Waals surface area contributed by atoms with Crippen LogP contribution in [-0.2, 0) is 0 Å². The number of anilines is 1. The molecule has 0 aliphatic heterocycles. The van der Waals surface area contributed by atoms with Crippen molar-refractivity contribution in [3.63, 3.8) is 0 Å². The molecule has 1 aromatic carbocycles. The minimum Gasteiger partial charge on any atom is -0.373 e. The summed E-state index contributed by atoms with van der Waals surface area (Å²) in [5, 5.41) is 3.16. The first-order valence-electron chi connectivity index (χ1n) is 8.00. The van der Waals surface area contributed by atoms with Gasteiger partial charge in [-0.05, 0) is 37.2 Å². The lowest BCUT2D eigenvalue weighted by Gasteiger charge is -2.25. The maximum absolute atomic E-state index is 4.77. The van der Waals surface area contributed by atoms with Crippen LogP contribution >= 0.6 is 0 Å². The monoisotopic (exact) mass is 279 g/mol. The van der Waals surface area contributed by atoms with Crippen LogP contribution in [0.15, 0.2) is 30.3 Å². The zero-order chi connectivity index (χ0) is 14.2. The smallest absolute Gasteiger partial charge is 0.134 e. The lowest BCUT2D eigenvalue weighted by Crippen LogP contribution is -2.08. The van der Waals surface area contributed by atoms with E-state index in [9.17, 15) is 0 Å². The van der Waals surface area contributed by atoms with Crippen LogP contribution in [0, 0.1) is 0 Å². The summed E-state index contributed by atoms with van der Waals surface area (Å²) < 4.78 is 0. The predicted octanol–water partition coefficient (Wildman–Crippen LogP) is 4.33. The van der Waals surface area contributed by atoms with Crippen molar-refractivity contribution in [2.45, 2.75) is 43.9 Å². The minimum absolute atomic E-state index is 0.575. The topological polar surface area (TPSA) is 37.8 Å². The van der Waals surface area contributed by atoms with E-state index in [0.29, 0.717) is 5.92 Å². The molecule has 0 unspecified atom stereocenters. The molecule has 0 amide bonds. The third kappa shape index (κ3) is 2.53. The third-order valence-corrected chi connectivity index (χ3v) is 4.73. The van der Waals surface area contributed by atoms with E-state index in [4.69, 9.17) is 4.98 Å². The summed E-state index contributed by atoms with van der Waals surface area (Å²) in [6.07, 6.45) is 6.54. The average molecular weight is 279 g/mol. The van der Waals surface area contributed by atoms with Gasteiger partial charge in [0.15, 0.2) is 0 Å². The maximum Gasteiger partial charge on any atom is 0.134 e. The molecular weight excluding hydrogens is 258 g/mol. The molecular formula is C18H21N3. The van der Waals surface area contributed by atoms with E-state index >= 15 is 0 Å². The average Bonchev–Trinajstić information content (AvgIpc) is 3.30. The number of hydrogen-bond donors (Lipinski definition) is 1. The van der Waals surface area contributed by atoms with Crippen molar-refractivity contribution in [1.29, 1.82) is 0 Å². The van der Waals surface area contributed by atoms with E-state index in [1.807, 2.05) is 13.1 Å². The van der Waals surface area contributed by atoms with E-state index in [1.165, 1.54) is 43.2 Å². The molecule has 0 bridgehead atoms. The SMILES string of the molecule is CNc1cc(-c2ccc(C3CCC3)cc2)nc(C2CC2)n1. The molecule has 0 radical (unpaired) electrons. The summed E-state index contributed by atoms with van der Waals surface area (Å²) in [7, 11) is 1.92. The van der Waals surface area contributed by atoms with Crippen molar-refractivity contribution < 1.29 is 0 Å². The number of hydrogen-bond acceptors (Lipinski definition) is 3. The highest BCUT2D eigenvalue weighted by atomic mass is 15.0. The first-order chi connectivity index (χ1) is 10.3. The van der Waals surface area contributed by atoms with Crippen LogP contribution in [0.25, 0.3) is 11.3 Å². The molecule has 2 aliphatic rings. The van der Waals surface area contributed by atoms with Crippen LogP contribution in [0.2, 0.25) is 0 Å². The Labute approximate surface area is 125 Å². The molecule has 3 heteroatoms. The van der Waals surface area contributed by atoms with Crippen LogP contribution in [0.3, 0.4) is 0 Å². The molecule has 2 aliphatic carbocycles. The van der Waals surface area contributed by atoms with Gasteiger partial charge in [-0.2, -0.15) is 0 Å². The molecule has 3 nitrogen and oxygen atoms in total. The molecule has 1 heterocycles. The fourth-order valence-electron chi connectivity index (χ4n) is 2.93. The van der Waals surface area contributed by atoms with Crippen molar-refractivity contribution in [1.82, 2.24) is 9.97 Å². The lowest BCUT2D eigenvalue weighted by atomic mass is 9.80. The predicted molar refractivity (Wildman–Crippen MR) is 85.6 cm³/mol. The quantitative estimate of drug-likeness (QED) is 0.905. The summed E-state index contributed by atoms with van der Waals surface area (Å²) in [6, 6.07) is 11.0. The van der Waals surface area contributed by atoms with Gasteiger partial charge in [-0.1, -0.05) is 30.7 Å². The number of nitrogens with one attached hydrogen (secondary N) is 1. The molecule has 0 saturated heterocycles. The van der Waals surface area contributed by atoms with E-state index in [2.05, 4.69) is 34.6 Å². The van der Waals surface area contributed by atoms with Gasteiger partial charge in [0, 0.05) is 24.6 Å². The van der Waals surface area contributed by atoms with Gasteiger partial charge in [0.05, 0.1) is 5.69 Å². The Morgan fingerprint density at radius 2 is 1.71 bits per heavy atom. The highest BCUT2D eigenvalue weighted by molar-refractivity contribution is 5.63. The van der Waals surface area contributed by atoms with Gasteiger partial charge < -0.3 is 5.32 Å². The highest BCUT2D eigenvalue weighted by Crippen LogP contribution is 2.40. The van der Waals surface area contributed by atoms with E-state index in [1.54, 1.807) is 0 Å². The summed E-state index contributed by atoms with van der Waals surface area (Å²) in [4.78, 5) is 9.36. The van der Waals surface area contributed by atoms with E-state index in [-0.39, 0.29) is 0 Å². The van der Waals surface area contributed by atoms with Crippen LogP contribution < -0.4 is 5.32 Å². The Morgan fingerprint density at radius 1 is 0.952 bits per heavy atom. The molecule has 0 spiro atoms. The summed E-state index contributed by atoms with van der Waals surface area (Å²) >= 11 is 0. The minimum atomic E-state index is 0.575. The largest absolute Gasteiger partial charge is 0.373 e. The van der Waals surface area contributed by atoms with Gasteiger partial charge in [-0.15, -0.1) is 0 Å². The first-order valence-corrected chi connectivity index (χ1v) is 8.00. The molecule has 1 aromatic heterocycles. The van der Waals surface area contributed by atoms with Gasteiger partial charge in [-0.25, -0.2) is 9.97 Å². The van der Waals surface area contributed by atoms with Crippen molar-refractivity contribution >= 4 is 5.82 Å². The molecule has 108 valence electrons. The Morgan fingerprint density at radius 3 is 2.29 bits per heavy atom. The summed E-state index contributed by atoms with van der Waals surface area (Å²) in [5.41, 5.74) is 3.71. The second kappa shape index (κ2) is 5.14. The lowest BCUT2D eigenvalue weighted by molar-refractivity contribution is 0.420. The van der Waals surface area contributed by atoms with Crippen LogP contribution in [0.1, 0.15) is 55.3 Å². The summed E-state index contributed by atoms with van der Waals surface area (Å²) in [5.74, 6) is 3.29. The second-order valence-corrected chi connectivity index (χ2v) is 6.27. The summed E-state index contributed by atoms with van der Waals surface area (Å²) in [6.45, 7) is 0. The Balaban J connectivity index is 1.66. The zero-order valence-corrected chi connectivity index (χ0v) is 12.5. The third-order valence-electron chi connectivity index (χ3n) is 4.73. The van der Waals surface area contributed by atoms with Crippen LogP contribution in [-0.4, -0.2) is 17.0 Å². The van der Waals surface area contributed by atoms with Gasteiger partial charge in [0.2, 0.25) is 0 Å². The van der Waals surface area contributed by atoms with Crippen molar-refractivity contribution in [3.05, 3.63) is 41.7 Å². The molecule has 0 atom stereocenters. The Kier molecular flexibility index (Phi) is 3.13. The number of benzene rings is 1. The second-order valence-electron chi connectivity index (χ2n) is 6.27. The van der Waals surface area contributed by atoms with E-state index in [0.717, 1.165) is 23.3 Å². The van der Waals surface area contributed by atoms with Gasteiger partial charge in [-0.3, -0.25) is 0 Å². The first kappa shape index (κ1) is 12.8. The standard InChI is InChI=1S/C18H21N3/c1-19-17-11-16(20-18(21-17)15-9-10-15)14-7-5-13(6-8-14)12-3-2-4-12/h5-8,11-12,15H,2-4,9-10H2,1H3,(H,19,20,21). The van der Waals surface area contributed by atoms with Crippen molar-refractivity contribution in [3.8, 4) is 11.3 Å². The highest BCUT2D eigenvalue weighted by Gasteiger charge is 2.27. The van der Waals surface area contributed by atoms with Crippen molar-refractivity contribution in [2.24, 2.45) is 0 Å². The number of rotatable bonds is 4. The Hall–Kier alpha value is -1.90. The fraction of sp³-hybridized carbons (Fsp3) is 0.444. The molecule has 2 aromatic rings. The van der Waals surface area contributed by atoms with E-state index < -0.39 is 0 Å². The van der Waals surface area contributed by atoms with Gasteiger partial charge >= 0.3 is 0 Å². The fourth-order valence-corrected chi connectivity index (χ4v) is 2.93. The molecule has 2 fully saturated rings. The zero-order valence-electron chi connectivity index (χ0n) is 12.5. The van der Waals surface area contributed by atoms with Crippen LogP contribution in [0.4, 0.5) is 5.82 Å². The van der Waals surface area contributed by atoms with Crippen molar-refractivity contribution in [2.75, 3.05) is 12.4 Å². The normalized spacial score (nSPS) is 18.3. The van der Waals surface area contributed by atoms with Gasteiger partial charge in [0.1, 0.15) is 11.6 Å². The maximum atomic E-state index is 4.77. The molecule has 2 saturated carbocycles. The number of aromatic nitrogens is 2. The Bertz CT molecular complexity index is 640. The van der Waals surface area contributed by atoms with Crippen LogP contribution in [0.5, 0.6) is 0 Å². The van der Waals surface area contributed by atoms with Gasteiger partial charge in [0.25, 0.3) is 0 Å². The molecule has 4 rings (SSSR count). The molecule has 1 N–H and O–H groups in total.